The number of imidazole rings is 1. The van der Waals surface area contributed by atoms with Crippen LogP contribution in [0.1, 0.15) is 18.3 Å². The number of hydrogen-bond donors (Lipinski definition) is 3. The Balaban J connectivity index is 1.55. The average molecular weight is 493 g/mol. The highest BCUT2D eigenvalue weighted by Crippen LogP contribution is 2.33. The number of anilines is 1. The Kier molecular flexibility index (Phi) is 6.36. The van der Waals surface area contributed by atoms with E-state index in [2.05, 4.69) is 42.1 Å². The third kappa shape index (κ3) is 4.69. The molecule has 1 saturated heterocycles. The van der Waals surface area contributed by atoms with E-state index in [0.29, 0.717) is 39.9 Å². The minimum Gasteiger partial charge on any atom is -0.388 e. The van der Waals surface area contributed by atoms with Crippen molar-refractivity contribution in [3.05, 3.63) is 72.7 Å². The topological polar surface area (TPSA) is 140 Å². The van der Waals surface area contributed by atoms with Gasteiger partial charge in [0, 0.05) is 30.6 Å². The third-order valence-corrected chi connectivity index (χ3v) is 5.65. The second-order valence-electron chi connectivity index (χ2n) is 7.82. The molecule has 0 aromatic carbocycles. The van der Waals surface area contributed by atoms with Crippen LogP contribution in [0.5, 0.6) is 0 Å². The normalized spacial score (nSPS) is 19.5. The number of rotatable bonds is 7. The smallest absolute Gasteiger partial charge is 0.253 e. The molecule has 4 aromatic heterocycles. The molecule has 4 aromatic rings. The molecule has 0 spiro atoms. The highest BCUT2D eigenvalue weighted by Gasteiger charge is 2.39. The standard InChI is InChI=1S/C23H21ClN8O3/c1-2-26-22(34)17-8-16(33)23(35-17)32-12-29-18-20(28-11-15-5-3-4-6-27-15)30-19(31-21(18)32)13-7-14(24)10-25-9-13/h2-7,9-10,12,16-17,23,33H,1,8,11H2,(H,26,34)(H,28,30,31)/t16-,17+,23-/m1/s1. The number of pyridine rings is 2. The molecule has 0 saturated carbocycles. The fourth-order valence-electron chi connectivity index (χ4n) is 3.83. The molecule has 1 aliphatic heterocycles. The van der Waals surface area contributed by atoms with Gasteiger partial charge in [-0.2, -0.15) is 0 Å². The molecule has 3 atom stereocenters. The van der Waals surface area contributed by atoms with Gasteiger partial charge in [0.15, 0.2) is 29.0 Å². The van der Waals surface area contributed by atoms with Crippen LogP contribution in [-0.4, -0.2) is 52.7 Å². The van der Waals surface area contributed by atoms with E-state index in [1.807, 2.05) is 18.2 Å². The van der Waals surface area contributed by atoms with E-state index < -0.39 is 18.4 Å². The van der Waals surface area contributed by atoms with E-state index in [0.717, 1.165) is 5.69 Å². The van der Waals surface area contributed by atoms with Crippen LogP contribution >= 0.6 is 11.6 Å². The van der Waals surface area contributed by atoms with Gasteiger partial charge in [-0.3, -0.25) is 19.3 Å². The lowest BCUT2D eigenvalue weighted by Crippen LogP contribution is -2.30. The minimum absolute atomic E-state index is 0.116. The highest BCUT2D eigenvalue weighted by molar-refractivity contribution is 6.30. The number of amides is 1. The Hall–Kier alpha value is -3.93. The fourth-order valence-corrected chi connectivity index (χ4v) is 4.00. The van der Waals surface area contributed by atoms with Crippen molar-refractivity contribution < 1.29 is 14.6 Å². The van der Waals surface area contributed by atoms with Crippen LogP contribution in [0.4, 0.5) is 5.82 Å². The monoisotopic (exact) mass is 492 g/mol. The molecule has 12 heteroatoms. The molecular formula is C23H21ClN8O3. The molecule has 178 valence electrons. The summed E-state index contributed by atoms with van der Waals surface area (Å²) in [6, 6.07) is 7.33. The molecular weight excluding hydrogens is 472 g/mol. The van der Waals surface area contributed by atoms with Crippen molar-refractivity contribution >= 4 is 34.5 Å². The van der Waals surface area contributed by atoms with E-state index in [4.69, 9.17) is 16.3 Å². The Labute approximate surface area is 204 Å². The summed E-state index contributed by atoms with van der Waals surface area (Å²) in [6.07, 6.45) is 5.06. The largest absolute Gasteiger partial charge is 0.388 e. The fraction of sp³-hybridized carbons (Fsp3) is 0.217. The van der Waals surface area contributed by atoms with Crippen molar-refractivity contribution in [1.29, 1.82) is 0 Å². The first-order valence-corrected chi connectivity index (χ1v) is 11.2. The zero-order chi connectivity index (χ0) is 24.4. The third-order valence-electron chi connectivity index (χ3n) is 5.45. The van der Waals surface area contributed by atoms with Crippen LogP contribution in [0.25, 0.3) is 22.6 Å². The molecule has 3 N–H and O–H groups in total. The number of carbonyl (C=O) groups is 1. The number of hydrogen-bond acceptors (Lipinski definition) is 9. The van der Waals surface area contributed by atoms with Gasteiger partial charge in [-0.05, 0) is 24.4 Å². The summed E-state index contributed by atoms with van der Waals surface area (Å²) >= 11 is 6.14. The molecule has 35 heavy (non-hydrogen) atoms. The maximum absolute atomic E-state index is 12.2. The van der Waals surface area contributed by atoms with Crippen molar-refractivity contribution in [2.24, 2.45) is 0 Å². The lowest BCUT2D eigenvalue weighted by Gasteiger charge is -2.17. The van der Waals surface area contributed by atoms with Gasteiger partial charge in [-0.1, -0.05) is 24.2 Å². The predicted octanol–water partition coefficient (Wildman–Crippen LogP) is 2.46. The second-order valence-corrected chi connectivity index (χ2v) is 8.25. The quantitative estimate of drug-likeness (QED) is 0.355. The summed E-state index contributed by atoms with van der Waals surface area (Å²) in [5.41, 5.74) is 2.29. The first kappa shape index (κ1) is 22.8. The van der Waals surface area contributed by atoms with Crippen molar-refractivity contribution in [3.63, 3.8) is 0 Å². The Morgan fingerprint density at radius 2 is 2.20 bits per heavy atom. The Morgan fingerprint density at radius 1 is 1.31 bits per heavy atom. The molecule has 1 amide bonds. The summed E-state index contributed by atoms with van der Waals surface area (Å²) in [7, 11) is 0. The first-order chi connectivity index (χ1) is 17.0. The van der Waals surface area contributed by atoms with Crippen molar-refractivity contribution in [3.8, 4) is 11.4 Å². The average Bonchev–Trinajstić information content (AvgIpc) is 3.46. The van der Waals surface area contributed by atoms with Crippen molar-refractivity contribution in [2.45, 2.75) is 31.4 Å². The number of nitrogens with zero attached hydrogens (tertiary/aromatic N) is 6. The van der Waals surface area contributed by atoms with Crippen LogP contribution in [0.2, 0.25) is 5.02 Å². The van der Waals surface area contributed by atoms with Gasteiger partial charge in [0.1, 0.15) is 12.2 Å². The summed E-state index contributed by atoms with van der Waals surface area (Å²) in [4.78, 5) is 34.5. The van der Waals surface area contributed by atoms with Crippen LogP contribution in [-0.2, 0) is 16.1 Å². The Morgan fingerprint density at radius 3 is 2.97 bits per heavy atom. The van der Waals surface area contributed by atoms with Crippen LogP contribution in [0.3, 0.4) is 0 Å². The second kappa shape index (κ2) is 9.74. The number of carbonyl (C=O) groups excluding carboxylic acids is 1. The van der Waals surface area contributed by atoms with Crippen LogP contribution in [0, 0.1) is 0 Å². The molecule has 0 aliphatic carbocycles. The number of halogens is 1. The van der Waals surface area contributed by atoms with Crippen LogP contribution in [0.15, 0.2) is 62.0 Å². The molecule has 5 heterocycles. The molecule has 1 aliphatic rings. The van der Waals surface area contributed by atoms with Gasteiger partial charge >= 0.3 is 0 Å². The molecule has 0 unspecified atom stereocenters. The van der Waals surface area contributed by atoms with Gasteiger partial charge in [-0.15, -0.1) is 0 Å². The molecule has 1 fully saturated rings. The van der Waals surface area contributed by atoms with E-state index in [-0.39, 0.29) is 12.3 Å². The maximum atomic E-state index is 12.2. The zero-order valence-electron chi connectivity index (χ0n) is 18.4. The van der Waals surface area contributed by atoms with Gasteiger partial charge in [-0.25, -0.2) is 15.0 Å². The van der Waals surface area contributed by atoms with E-state index in [9.17, 15) is 9.90 Å². The summed E-state index contributed by atoms with van der Waals surface area (Å²) < 4.78 is 7.46. The van der Waals surface area contributed by atoms with Crippen molar-refractivity contribution in [2.75, 3.05) is 5.32 Å². The predicted molar refractivity (Wildman–Crippen MR) is 128 cm³/mol. The SMILES string of the molecule is C=CNC(=O)[C@@H]1C[C@@H](O)[C@H](n2cnc3c(NCc4ccccn4)nc(-c4cncc(Cl)c4)nc32)O1. The maximum Gasteiger partial charge on any atom is 0.253 e. The molecule has 5 rings (SSSR count). The lowest BCUT2D eigenvalue weighted by atomic mass is 10.2. The van der Waals surface area contributed by atoms with Gasteiger partial charge in [0.25, 0.3) is 5.91 Å². The van der Waals surface area contributed by atoms with E-state index >= 15 is 0 Å². The number of aliphatic hydroxyl groups excluding tert-OH is 1. The van der Waals surface area contributed by atoms with Crippen molar-refractivity contribution in [1.82, 2.24) is 34.8 Å². The lowest BCUT2D eigenvalue weighted by molar-refractivity contribution is -0.133. The summed E-state index contributed by atoms with van der Waals surface area (Å²) in [5.74, 6) is 0.429. The van der Waals surface area contributed by atoms with Gasteiger partial charge in [0.05, 0.1) is 23.6 Å². The van der Waals surface area contributed by atoms with Gasteiger partial charge in [0.2, 0.25) is 0 Å². The van der Waals surface area contributed by atoms with Crippen LogP contribution < -0.4 is 10.6 Å². The highest BCUT2D eigenvalue weighted by atomic mass is 35.5. The zero-order valence-corrected chi connectivity index (χ0v) is 19.1. The number of aliphatic hydroxyl groups is 1. The summed E-state index contributed by atoms with van der Waals surface area (Å²) in [5, 5.41) is 16.9. The number of nitrogens with one attached hydrogen (secondary N) is 2. The number of aromatic nitrogens is 6. The molecule has 0 bridgehead atoms. The van der Waals surface area contributed by atoms with E-state index in [1.165, 1.54) is 18.7 Å². The number of fused-ring (bicyclic) bond motifs is 1. The van der Waals surface area contributed by atoms with Gasteiger partial charge < -0.3 is 20.5 Å². The number of ether oxygens (including phenoxy) is 1. The Bertz CT molecular complexity index is 1380. The first-order valence-electron chi connectivity index (χ1n) is 10.8. The summed E-state index contributed by atoms with van der Waals surface area (Å²) in [6.45, 7) is 3.89. The molecule has 11 nitrogen and oxygen atoms in total. The van der Waals surface area contributed by atoms with E-state index in [1.54, 1.807) is 23.0 Å². The molecule has 0 radical (unpaired) electrons. The minimum atomic E-state index is -0.954.